The van der Waals surface area contributed by atoms with Crippen molar-refractivity contribution in [1.82, 2.24) is 29.9 Å². The summed E-state index contributed by atoms with van der Waals surface area (Å²) in [6, 6.07) is 19.9. The summed E-state index contributed by atoms with van der Waals surface area (Å²) >= 11 is 8.81. The second kappa shape index (κ2) is 12.8. The lowest BCUT2D eigenvalue weighted by atomic mass is 10.2. The zero-order valence-corrected chi connectivity index (χ0v) is 22.3. The molecule has 0 saturated heterocycles. The first-order valence-electron chi connectivity index (χ1n) is 11.5. The van der Waals surface area contributed by atoms with Crippen molar-refractivity contribution in [3.05, 3.63) is 110 Å². The van der Waals surface area contributed by atoms with Crippen molar-refractivity contribution in [3.8, 4) is 0 Å². The van der Waals surface area contributed by atoms with E-state index >= 15 is 0 Å². The van der Waals surface area contributed by atoms with Gasteiger partial charge in [0.05, 0.1) is 32.8 Å². The van der Waals surface area contributed by atoms with Crippen molar-refractivity contribution in [2.24, 2.45) is 0 Å². The van der Waals surface area contributed by atoms with E-state index in [-0.39, 0.29) is 5.56 Å². The molecule has 2 aromatic carbocycles. The molecular weight excluding hydrogens is 544 g/mol. The largest absolute Gasteiger partial charge is 0.370 e. The van der Waals surface area contributed by atoms with Crippen LogP contribution in [0.1, 0.15) is 21.1 Å². The molecule has 0 aliphatic heterocycles. The number of fused-ring (bicyclic) bond motifs is 2. The molecule has 4 aromatic heterocycles. The summed E-state index contributed by atoms with van der Waals surface area (Å²) in [6.07, 6.45) is 2.83. The third-order valence-electron chi connectivity index (χ3n) is 5.12. The van der Waals surface area contributed by atoms with Crippen molar-refractivity contribution < 1.29 is 9.47 Å². The molecule has 0 aliphatic carbocycles. The van der Waals surface area contributed by atoms with Gasteiger partial charge in [-0.1, -0.05) is 94.9 Å². The molecule has 0 amide bonds. The van der Waals surface area contributed by atoms with Crippen molar-refractivity contribution in [2.75, 3.05) is 0 Å². The van der Waals surface area contributed by atoms with Crippen molar-refractivity contribution in [1.29, 1.82) is 0 Å². The highest BCUT2D eigenvalue weighted by molar-refractivity contribution is 7.18. The van der Waals surface area contributed by atoms with Crippen LogP contribution in [0, 0.1) is 0 Å². The van der Waals surface area contributed by atoms with Crippen LogP contribution in [0.4, 0.5) is 0 Å². The highest BCUT2D eigenvalue weighted by Crippen LogP contribution is 2.25. The highest BCUT2D eigenvalue weighted by Gasteiger charge is 2.09. The van der Waals surface area contributed by atoms with Crippen molar-refractivity contribution in [2.45, 2.75) is 26.4 Å². The summed E-state index contributed by atoms with van der Waals surface area (Å²) in [5.41, 5.74) is 3.06. The Balaban J connectivity index is 0.000000155. The number of halogens is 1. The van der Waals surface area contributed by atoms with Gasteiger partial charge >= 0.3 is 0 Å². The number of H-pyrrole nitrogens is 1. The second-order valence-electron chi connectivity index (χ2n) is 7.88. The van der Waals surface area contributed by atoms with E-state index in [1.165, 1.54) is 35.3 Å². The molecule has 1 N–H and O–H groups in total. The maximum atomic E-state index is 11.5. The number of hydrogen-bond donors (Lipinski definition) is 1. The first kappa shape index (κ1) is 26.0. The van der Waals surface area contributed by atoms with Gasteiger partial charge in [0.15, 0.2) is 15.5 Å². The second-order valence-corrected chi connectivity index (χ2v) is 10.4. The first-order chi connectivity index (χ1) is 18.7. The average molecular weight is 565 g/mol. The Labute approximate surface area is 230 Å². The summed E-state index contributed by atoms with van der Waals surface area (Å²) in [4.78, 5) is 36.2. The van der Waals surface area contributed by atoms with Crippen molar-refractivity contribution in [3.63, 3.8) is 0 Å². The lowest BCUT2D eigenvalue weighted by molar-refractivity contribution is 0.107. The van der Waals surface area contributed by atoms with Gasteiger partial charge in [0.25, 0.3) is 5.56 Å². The fraction of sp³-hybridized carbons (Fsp3) is 0.154. The fourth-order valence-corrected chi connectivity index (χ4v) is 5.28. The topological polar surface area (TPSA) is 116 Å². The van der Waals surface area contributed by atoms with E-state index in [0.29, 0.717) is 47.4 Å². The number of nitrogens with one attached hydrogen (secondary N) is 1. The molecule has 38 heavy (non-hydrogen) atoms. The molecule has 192 valence electrons. The average Bonchev–Trinajstić information content (AvgIpc) is 3.56. The normalized spacial score (nSPS) is 11.0. The van der Waals surface area contributed by atoms with E-state index in [9.17, 15) is 4.79 Å². The van der Waals surface area contributed by atoms with Gasteiger partial charge in [-0.3, -0.25) is 4.79 Å². The van der Waals surface area contributed by atoms with Crippen LogP contribution in [-0.2, 0) is 35.9 Å². The van der Waals surface area contributed by atoms with Crippen LogP contribution in [0.3, 0.4) is 0 Å². The third-order valence-corrected chi connectivity index (χ3v) is 7.27. The Kier molecular flexibility index (Phi) is 8.74. The van der Waals surface area contributed by atoms with E-state index < -0.39 is 0 Å². The SMILES string of the molecule is Clc1ncnc2sc(COCc3ccccc3)nc12.O=c1[nH]cnc2sc(COCc3ccccc3)nc12. The van der Waals surface area contributed by atoms with Gasteiger partial charge in [-0.05, 0) is 11.1 Å². The van der Waals surface area contributed by atoms with Crippen LogP contribution in [0.2, 0.25) is 5.15 Å². The molecule has 12 heteroatoms. The molecule has 9 nitrogen and oxygen atoms in total. The first-order valence-corrected chi connectivity index (χ1v) is 13.5. The zero-order chi connectivity index (χ0) is 26.2. The molecule has 4 heterocycles. The lowest BCUT2D eigenvalue weighted by Crippen LogP contribution is -2.05. The van der Waals surface area contributed by atoms with Crippen molar-refractivity contribution >= 4 is 55.0 Å². The molecule has 0 spiro atoms. The summed E-state index contributed by atoms with van der Waals surface area (Å²) in [7, 11) is 0. The van der Waals surface area contributed by atoms with Crippen LogP contribution in [0.15, 0.2) is 78.1 Å². The van der Waals surface area contributed by atoms with Gasteiger partial charge in [0, 0.05) is 0 Å². The minimum atomic E-state index is -0.212. The maximum Gasteiger partial charge on any atom is 0.278 e. The third kappa shape index (κ3) is 6.82. The molecule has 0 fully saturated rings. The Bertz CT molecular complexity index is 1670. The number of thiazole rings is 2. The predicted octanol–water partition coefficient (Wildman–Crippen LogP) is 5.55. The Morgan fingerprint density at radius 1 is 0.711 bits per heavy atom. The molecule has 0 bridgehead atoms. The minimum absolute atomic E-state index is 0.212. The maximum absolute atomic E-state index is 11.5. The van der Waals surface area contributed by atoms with Crippen LogP contribution < -0.4 is 5.56 Å². The van der Waals surface area contributed by atoms with Crippen LogP contribution in [-0.4, -0.2) is 29.9 Å². The summed E-state index contributed by atoms with van der Waals surface area (Å²) < 4.78 is 11.2. The predicted molar refractivity (Wildman–Crippen MR) is 148 cm³/mol. The molecule has 0 aliphatic rings. The molecule has 0 radical (unpaired) electrons. The Hall–Kier alpha value is -3.61. The van der Waals surface area contributed by atoms with Gasteiger partial charge in [0.1, 0.15) is 26.7 Å². The molecule has 6 rings (SSSR count). The van der Waals surface area contributed by atoms with Crippen LogP contribution in [0.5, 0.6) is 0 Å². The molecular formula is C26H21ClN6O3S2. The number of nitrogens with zero attached hydrogens (tertiary/aromatic N) is 5. The van der Waals surface area contributed by atoms with E-state index in [4.69, 9.17) is 21.1 Å². The number of aromatic nitrogens is 6. The molecule has 0 atom stereocenters. The number of ether oxygens (including phenoxy) is 2. The number of benzene rings is 2. The Morgan fingerprint density at radius 3 is 1.82 bits per heavy atom. The van der Waals surface area contributed by atoms with E-state index in [0.717, 1.165) is 26.0 Å². The smallest absolute Gasteiger partial charge is 0.278 e. The van der Waals surface area contributed by atoms with Gasteiger partial charge < -0.3 is 14.5 Å². The van der Waals surface area contributed by atoms with Gasteiger partial charge in [-0.2, -0.15) is 0 Å². The standard InChI is InChI=1S/C13H10ClN3OS.C13H11N3O2S/c14-12-11-13(16-8-15-12)19-10(17-11)7-18-6-9-4-2-1-3-5-9;17-12-11-13(15-8-14-12)19-10(16-11)7-18-6-9-4-2-1-3-5-9/h1-5,8H,6-7H2;1-5,8H,6-7H2,(H,14,15,17). The monoisotopic (exact) mass is 564 g/mol. The number of rotatable bonds is 8. The van der Waals surface area contributed by atoms with Crippen LogP contribution >= 0.6 is 34.3 Å². The summed E-state index contributed by atoms with van der Waals surface area (Å²) in [6.45, 7) is 1.93. The zero-order valence-electron chi connectivity index (χ0n) is 19.9. The fourth-order valence-electron chi connectivity index (χ4n) is 3.36. The summed E-state index contributed by atoms with van der Waals surface area (Å²) in [5.74, 6) is 0. The van der Waals surface area contributed by atoms with E-state index in [1.807, 2.05) is 60.7 Å². The molecule has 0 saturated carbocycles. The minimum Gasteiger partial charge on any atom is -0.370 e. The lowest BCUT2D eigenvalue weighted by Gasteiger charge is -2.01. The summed E-state index contributed by atoms with van der Waals surface area (Å²) in [5, 5.41) is 2.00. The number of aromatic amines is 1. The molecule has 6 aromatic rings. The number of hydrogen-bond acceptors (Lipinski definition) is 10. The quantitative estimate of drug-likeness (QED) is 0.239. The molecule has 0 unspecified atom stereocenters. The van der Waals surface area contributed by atoms with E-state index in [1.54, 1.807) is 0 Å². The Morgan fingerprint density at radius 2 is 1.26 bits per heavy atom. The van der Waals surface area contributed by atoms with Gasteiger partial charge in [-0.15, -0.1) is 0 Å². The highest BCUT2D eigenvalue weighted by atomic mass is 35.5. The van der Waals surface area contributed by atoms with E-state index in [2.05, 4.69) is 29.9 Å². The van der Waals surface area contributed by atoms with Gasteiger partial charge in [-0.25, -0.2) is 24.9 Å². The van der Waals surface area contributed by atoms with Gasteiger partial charge in [0.2, 0.25) is 0 Å². The van der Waals surface area contributed by atoms with Crippen LogP contribution in [0.25, 0.3) is 20.7 Å².